The highest BCUT2D eigenvalue weighted by molar-refractivity contribution is 6.30. The minimum absolute atomic E-state index is 0.0120. The van der Waals surface area contributed by atoms with Crippen LogP contribution in [0.2, 0.25) is 5.02 Å². The molecule has 0 fully saturated rings. The van der Waals surface area contributed by atoms with E-state index in [0.29, 0.717) is 0 Å². The average Bonchev–Trinajstić information content (AvgIpc) is 2.83. The van der Waals surface area contributed by atoms with Crippen molar-refractivity contribution < 1.29 is 37.7 Å². The van der Waals surface area contributed by atoms with Gasteiger partial charge in [0.15, 0.2) is 11.4 Å². The smallest absolute Gasteiger partial charge is 0.328 e. The van der Waals surface area contributed by atoms with Gasteiger partial charge in [0.1, 0.15) is 29.8 Å². The first kappa shape index (κ1) is 29.8. The zero-order valence-electron chi connectivity index (χ0n) is 21.7. The molecule has 0 saturated carbocycles. The van der Waals surface area contributed by atoms with Crippen LogP contribution in [0.3, 0.4) is 0 Å². The van der Waals surface area contributed by atoms with Crippen LogP contribution in [0.4, 0.5) is 4.39 Å². The molecule has 1 aromatic carbocycles. The van der Waals surface area contributed by atoms with Gasteiger partial charge in [-0.2, -0.15) is 0 Å². The number of carbonyl (C=O) groups excluding carboxylic acids is 3. The van der Waals surface area contributed by atoms with Gasteiger partial charge in [-0.05, 0) is 44.7 Å². The van der Waals surface area contributed by atoms with Gasteiger partial charge in [0.25, 0.3) is 5.91 Å². The Morgan fingerprint density at radius 2 is 1.81 bits per heavy atom. The lowest BCUT2D eigenvalue weighted by atomic mass is 9.93. The Hall–Kier alpha value is -3.40. The summed E-state index contributed by atoms with van der Waals surface area (Å²) in [5.41, 5.74) is -0.233. The predicted molar refractivity (Wildman–Crippen MR) is 134 cm³/mol. The number of carbonyl (C=O) groups is 3. The van der Waals surface area contributed by atoms with E-state index in [4.69, 9.17) is 30.5 Å². The zero-order valence-corrected chi connectivity index (χ0v) is 22.4. The van der Waals surface area contributed by atoms with Crippen LogP contribution in [0, 0.1) is 11.7 Å². The van der Waals surface area contributed by atoms with E-state index < -0.39 is 41.9 Å². The highest BCUT2D eigenvalue weighted by Gasteiger charge is 2.32. The minimum atomic E-state index is -1.08. The van der Waals surface area contributed by atoms with Crippen molar-refractivity contribution in [2.45, 2.75) is 65.7 Å². The summed E-state index contributed by atoms with van der Waals surface area (Å²) in [5, 5.41) is 2.68. The van der Waals surface area contributed by atoms with Crippen LogP contribution in [-0.4, -0.2) is 48.2 Å². The summed E-state index contributed by atoms with van der Waals surface area (Å²) in [7, 11) is 1.35. The van der Waals surface area contributed by atoms with Crippen molar-refractivity contribution in [1.29, 1.82) is 0 Å². The predicted octanol–water partition coefficient (Wildman–Crippen LogP) is 4.74. The lowest BCUT2D eigenvalue weighted by Gasteiger charge is -2.31. The number of benzene rings is 1. The summed E-state index contributed by atoms with van der Waals surface area (Å²) in [6, 6.07) is 4.20. The van der Waals surface area contributed by atoms with Gasteiger partial charge in [-0.1, -0.05) is 25.4 Å². The SMILES string of the molecule is CCC(CC)[C@@H](Oc1cc(F)cc(Cl)c1)[C@H](C)OC(=O)[C@H](C)NC(=O)c1nccc(OC)c1OC(C)=O. The summed E-state index contributed by atoms with van der Waals surface area (Å²) in [4.78, 5) is 41.2. The Morgan fingerprint density at radius 1 is 1.14 bits per heavy atom. The number of amides is 1. The van der Waals surface area contributed by atoms with E-state index in [-0.39, 0.29) is 33.9 Å². The molecule has 0 radical (unpaired) electrons. The summed E-state index contributed by atoms with van der Waals surface area (Å²) in [6.07, 6.45) is 1.40. The number of esters is 2. The van der Waals surface area contributed by atoms with Crippen molar-refractivity contribution >= 4 is 29.4 Å². The molecule has 1 heterocycles. The largest absolute Gasteiger partial charge is 0.493 e. The molecule has 0 aliphatic carbocycles. The second kappa shape index (κ2) is 13.8. The molecule has 9 nitrogen and oxygen atoms in total. The fourth-order valence-electron chi connectivity index (χ4n) is 3.75. The first-order valence-electron chi connectivity index (χ1n) is 11.9. The average molecular weight is 539 g/mol. The third kappa shape index (κ3) is 8.31. The molecule has 0 aliphatic rings. The quantitative estimate of drug-likeness (QED) is 0.385. The molecule has 11 heteroatoms. The summed E-state index contributed by atoms with van der Waals surface area (Å²) < 4.78 is 35.7. The van der Waals surface area contributed by atoms with Crippen molar-refractivity contribution in [3.05, 3.63) is 47.0 Å². The van der Waals surface area contributed by atoms with Crippen LogP contribution < -0.4 is 19.5 Å². The molecule has 2 aromatic rings. The van der Waals surface area contributed by atoms with E-state index in [9.17, 15) is 18.8 Å². The summed E-state index contributed by atoms with van der Waals surface area (Å²) in [6.45, 7) is 8.23. The number of rotatable bonds is 12. The van der Waals surface area contributed by atoms with E-state index in [1.807, 2.05) is 13.8 Å². The van der Waals surface area contributed by atoms with Crippen LogP contribution in [-0.2, 0) is 14.3 Å². The van der Waals surface area contributed by atoms with E-state index in [1.165, 1.54) is 51.4 Å². The standard InChI is InChI=1S/C26H32ClFN2O7/c1-7-17(8-2)23(37-20-12-18(27)11-19(28)13-20)15(4)35-26(33)14(3)30-25(32)22-24(36-16(5)31)21(34-6)9-10-29-22/h9-15,17,23H,7-8H2,1-6H3,(H,30,32)/t14-,15-,23-/m0/s1. The van der Waals surface area contributed by atoms with Crippen LogP contribution in [0.1, 0.15) is 57.9 Å². The zero-order chi connectivity index (χ0) is 27.7. The molecule has 0 unspecified atom stereocenters. The molecule has 0 saturated heterocycles. The number of nitrogens with one attached hydrogen (secondary N) is 1. The van der Waals surface area contributed by atoms with Crippen LogP contribution in [0.25, 0.3) is 0 Å². The highest BCUT2D eigenvalue weighted by atomic mass is 35.5. The molecule has 0 aliphatic heterocycles. The topological polar surface area (TPSA) is 113 Å². The van der Waals surface area contributed by atoms with E-state index in [2.05, 4.69) is 10.3 Å². The molecular formula is C26H32ClFN2O7. The van der Waals surface area contributed by atoms with Crippen LogP contribution in [0.5, 0.6) is 17.2 Å². The Bertz CT molecular complexity index is 1090. The maximum atomic E-state index is 13.8. The van der Waals surface area contributed by atoms with Crippen LogP contribution in [0.15, 0.2) is 30.5 Å². The fraction of sp³-hybridized carbons (Fsp3) is 0.462. The summed E-state index contributed by atoms with van der Waals surface area (Å²) >= 11 is 5.96. The van der Waals surface area contributed by atoms with Gasteiger partial charge in [0.05, 0.1) is 7.11 Å². The monoisotopic (exact) mass is 538 g/mol. The van der Waals surface area contributed by atoms with Gasteiger partial charge in [0.2, 0.25) is 5.75 Å². The second-order valence-electron chi connectivity index (χ2n) is 8.39. The number of aromatic nitrogens is 1. The fourth-order valence-corrected chi connectivity index (χ4v) is 3.97. The lowest BCUT2D eigenvalue weighted by Crippen LogP contribution is -2.45. The van der Waals surface area contributed by atoms with Crippen molar-refractivity contribution in [3.8, 4) is 17.2 Å². The number of ether oxygens (including phenoxy) is 4. The number of hydrogen-bond acceptors (Lipinski definition) is 8. The molecule has 0 bridgehead atoms. The maximum Gasteiger partial charge on any atom is 0.328 e. The normalized spacial score (nSPS) is 13.3. The Morgan fingerprint density at radius 3 is 2.38 bits per heavy atom. The van der Waals surface area contributed by atoms with E-state index >= 15 is 0 Å². The van der Waals surface area contributed by atoms with Crippen molar-refractivity contribution in [2.75, 3.05) is 7.11 Å². The van der Waals surface area contributed by atoms with Crippen molar-refractivity contribution in [3.63, 3.8) is 0 Å². The van der Waals surface area contributed by atoms with Gasteiger partial charge in [-0.3, -0.25) is 9.59 Å². The number of methoxy groups -OCH3 is 1. The molecule has 1 amide bonds. The molecule has 2 rings (SSSR count). The van der Waals surface area contributed by atoms with Crippen LogP contribution >= 0.6 is 11.6 Å². The number of pyridine rings is 1. The summed E-state index contributed by atoms with van der Waals surface area (Å²) in [5.74, 6) is -2.55. The molecule has 3 atom stereocenters. The molecular weight excluding hydrogens is 507 g/mol. The van der Waals surface area contributed by atoms with Gasteiger partial charge in [-0.15, -0.1) is 0 Å². The third-order valence-corrected chi connectivity index (χ3v) is 5.85. The minimum Gasteiger partial charge on any atom is -0.493 e. The third-order valence-electron chi connectivity index (χ3n) is 5.64. The van der Waals surface area contributed by atoms with Gasteiger partial charge >= 0.3 is 11.9 Å². The number of hydrogen-bond donors (Lipinski definition) is 1. The van der Waals surface area contributed by atoms with E-state index in [0.717, 1.165) is 12.8 Å². The molecule has 202 valence electrons. The van der Waals surface area contributed by atoms with Gasteiger partial charge < -0.3 is 24.3 Å². The Balaban J connectivity index is 2.17. The van der Waals surface area contributed by atoms with Gasteiger partial charge in [0, 0.05) is 30.3 Å². The number of halogens is 2. The first-order chi connectivity index (χ1) is 17.5. The molecule has 0 spiro atoms. The second-order valence-corrected chi connectivity index (χ2v) is 8.82. The Kier molecular flexibility index (Phi) is 11.1. The molecule has 1 N–H and O–H groups in total. The van der Waals surface area contributed by atoms with E-state index in [1.54, 1.807) is 6.92 Å². The van der Waals surface area contributed by atoms with Gasteiger partial charge in [-0.25, -0.2) is 14.2 Å². The van der Waals surface area contributed by atoms with Crippen molar-refractivity contribution in [1.82, 2.24) is 10.3 Å². The lowest BCUT2D eigenvalue weighted by molar-refractivity contribution is -0.156. The Labute approximate surface area is 220 Å². The first-order valence-corrected chi connectivity index (χ1v) is 12.2. The highest BCUT2D eigenvalue weighted by Crippen LogP contribution is 2.30. The molecule has 1 aromatic heterocycles. The molecule has 37 heavy (non-hydrogen) atoms. The van der Waals surface area contributed by atoms with Crippen molar-refractivity contribution in [2.24, 2.45) is 5.92 Å². The maximum absolute atomic E-state index is 13.8. The number of nitrogens with zero attached hydrogens (tertiary/aromatic N) is 1.